The number of methoxy groups -OCH3 is 1. The van der Waals surface area contributed by atoms with Crippen molar-refractivity contribution < 1.29 is 9.53 Å². The number of hydrogen-bond donors (Lipinski definition) is 1. The van der Waals surface area contributed by atoms with Gasteiger partial charge in [-0.05, 0) is 67.5 Å². The van der Waals surface area contributed by atoms with Gasteiger partial charge in [-0.3, -0.25) is 9.36 Å². The summed E-state index contributed by atoms with van der Waals surface area (Å²) in [4.78, 5) is 12.7. The number of rotatable bonds is 9. The molecule has 0 spiro atoms. The Morgan fingerprint density at radius 1 is 1.24 bits per heavy atom. The third-order valence-electron chi connectivity index (χ3n) is 6.14. The molecule has 1 fully saturated rings. The average Bonchev–Trinajstić information content (AvgIpc) is 3.63. The summed E-state index contributed by atoms with van der Waals surface area (Å²) in [5, 5.41) is 22.1. The quantitative estimate of drug-likeness (QED) is 0.440. The van der Waals surface area contributed by atoms with Crippen LogP contribution in [0.5, 0.6) is 5.75 Å². The van der Waals surface area contributed by atoms with Crippen LogP contribution in [0.25, 0.3) is 17.1 Å². The highest BCUT2D eigenvalue weighted by Gasteiger charge is 2.43. The van der Waals surface area contributed by atoms with E-state index in [2.05, 4.69) is 47.6 Å². The first kappa shape index (κ1) is 23.8. The molecule has 1 unspecified atom stereocenters. The third kappa shape index (κ3) is 4.95. The molecule has 0 bridgehead atoms. The summed E-state index contributed by atoms with van der Waals surface area (Å²) in [6.45, 7) is 6.10. The lowest BCUT2D eigenvalue weighted by atomic mass is 9.98. The Bertz CT molecular complexity index is 1210. The van der Waals surface area contributed by atoms with Crippen LogP contribution in [0.2, 0.25) is 0 Å². The molecule has 3 aromatic rings. The fourth-order valence-corrected chi connectivity index (χ4v) is 4.77. The van der Waals surface area contributed by atoms with Crippen LogP contribution in [-0.2, 0) is 4.79 Å². The van der Waals surface area contributed by atoms with Crippen molar-refractivity contribution in [2.75, 3.05) is 12.9 Å². The maximum atomic E-state index is 12.7. The van der Waals surface area contributed by atoms with Crippen molar-refractivity contribution in [3.63, 3.8) is 0 Å². The highest BCUT2D eigenvalue weighted by Crippen LogP contribution is 2.39. The predicted octanol–water partition coefficient (Wildman–Crippen LogP) is 4.97. The zero-order valence-corrected chi connectivity index (χ0v) is 20.7. The van der Waals surface area contributed by atoms with E-state index in [4.69, 9.17) is 4.74 Å². The van der Waals surface area contributed by atoms with Crippen molar-refractivity contribution >= 4 is 17.7 Å². The average molecular weight is 476 g/mol. The van der Waals surface area contributed by atoms with Crippen LogP contribution >= 0.6 is 11.8 Å². The largest absolute Gasteiger partial charge is 0.497 e. The van der Waals surface area contributed by atoms with Gasteiger partial charge >= 0.3 is 0 Å². The number of carbonyl (C=O) groups is 1. The monoisotopic (exact) mass is 475 g/mol. The maximum absolute atomic E-state index is 12.7. The zero-order valence-electron chi connectivity index (χ0n) is 19.9. The van der Waals surface area contributed by atoms with E-state index in [-0.39, 0.29) is 17.6 Å². The van der Waals surface area contributed by atoms with Crippen molar-refractivity contribution in [1.82, 2.24) is 20.1 Å². The number of amides is 1. The molecule has 1 atom stereocenters. The van der Waals surface area contributed by atoms with Crippen LogP contribution < -0.4 is 10.1 Å². The van der Waals surface area contributed by atoms with E-state index < -0.39 is 5.54 Å². The number of aromatic nitrogens is 3. The van der Waals surface area contributed by atoms with Crippen LogP contribution in [0.1, 0.15) is 45.1 Å². The minimum Gasteiger partial charge on any atom is -0.497 e. The van der Waals surface area contributed by atoms with Gasteiger partial charge < -0.3 is 10.1 Å². The molecule has 8 heteroatoms. The number of nitrogens with zero attached hydrogens (tertiary/aromatic N) is 4. The Morgan fingerprint density at radius 3 is 2.56 bits per heavy atom. The summed E-state index contributed by atoms with van der Waals surface area (Å²) in [7, 11) is 1.64. The van der Waals surface area contributed by atoms with E-state index in [1.54, 1.807) is 14.0 Å². The summed E-state index contributed by atoms with van der Waals surface area (Å²) >= 11 is 1.32. The van der Waals surface area contributed by atoms with E-state index in [9.17, 15) is 10.1 Å². The zero-order chi connectivity index (χ0) is 24.3. The van der Waals surface area contributed by atoms with Gasteiger partial charge in [0.15, 0.2) is 11.0 Å². The lowest BCUT2D eigenvalue weighted by Gasteiger charge is -2.22. The molecule has 4 rings (SSSR count). The van der Waals surface area contributed by atoms with E-state index in [0.717, 1.165) is 35.4 Å². The normalized spacial score (nSPS) is 14.9. The SMILES string of the molecule is COc1ccc(-c2nnc(SCC(=O)NC(C)(C#N)C3CC3)n2-c2ccccc2C(C)C)cc1. The molecule has 1 aromatic heterocycles. The molecule has 7 nitrogen and oxygen atoms in total. The number of para-hydroxylation sites is 1. The molecular weight excluding hydrogens is 446 g/mol. The Kier molecular flexibility index (Phi) is 6.94. The highest BCUT2D eigenvalue weighted by atomic mass is 32.2. The van der Waals surface area contributed by atoms with Gasteiger partial charge in [0.1, 0.15) is 11.3 Å². The van der Waals surface area contributed by atoms with Crippen molar-refractivity contribution in [1.29, 1.82) is 5.26 Å². The molecule has 2 aromatic carbocycles. The van der Waals surface area contributed by atoms with Crippen molar-refractivity contribution in [2.45, 2.75) is 50.2 Å². The minimum atomic E-state index is -0.816. The van der Waals surface area contributed by atoms with Crippen molar-refractivity contribution in [2.24, 2.45) is 5.92 Å². The molecule has 176 valence electrons. The van der Waals surface area contributed by atoms with E-state index in [1.807, 2.05) is 41.0 Å². The number of thioether (sulfide) groups is 1. The molecule has 34 heavy (non-hydrogen) atoms. The summed E-state index contributed by atoms with van der Waals surface area (Å²) in [6.07, 6.45) is 1.95. The summed E-state index contributed by atoms with van der Waals surface area (Å²) in [5.74, 6) is 1.94. The summed E-state index contributed by atoms with van der Waals surface area (Å²) < 4.78 is 7.31. The number of ether oxygens (including phenoxy) is 1. The molecule has 1 aliphatic carbocycles. The Labute approximate surface area is 204 Å². The van der Waals surface area contributed by atoms with Crippen molar-refractivity contribution in [3.05, 3.63) is 54.1 Å². The van der Waals surface area contributed by atoms with Crippen LogP contribution in [0, 0.1) is 17.2 Å². The summed E-state index contributed by atoms with van der Waals surface area (Å²) in [5.41, 5.74) is 2.23. The molecule has 1 heterocycles. The van der Waals surface area contributed by atoms with Gasteiger partial charge in [-0.2, -0.15) is 5.26 Å². The molecule has 0 saturated heterocycles. The molecule has 1 amide bonds. The van der Waals surface area contributed by atoms with Crippen LogP contribution in [0.4, 0.5) is 0 Å². The first-order chi connectivity index (χ1) is 16.4. The second-order valence-electron chi connectivity index (χ2n) is 9.01. The van der Waals surface area contributed by atoms with E-state index in [0.29, 0.717) is 16.9 Å². The lowest BCUT2D eigenvalue weighted by Crippen LogP contribution is -2.47. The van der Waals surface area contributed by atoms with Crippen LogP contribution in [0.15, 0.2) is 53.7 Å². The first-order valence-electron chi connectivity index (χ1n) is 11.4. The van der Waals surface area contributed by atoms with Crippen LogP contribution in [-0.4, -0.2) is 39.1 Å². The lowest BCUT2D eigenvalue weighted by molar-refractivity contribution is -0.119. The maximum Gasteiger partial charge on any atom is 0.231 e. The highest BCUT2D eigenvalue weighted by molar-refractivity contribution is 7.99. The number of nitriles is 1. The van der Waals surface area contributed by atoms with Gasteiger partial charge in [0.05, 0.1) is 24.6 Å². The van der Waals surface area contributed by atoms with Crippen LogP contribution in [0.3, 0.4) is 0 Å². The molecule has 1 saturated carbocycles. The second-order valence-corrected chi connectivity index (χ2v) is 9.95. The minimum absolute atomic E-state index is 0.147. The summed E-state index contributed by atoms with van der Waals surface area (Å²) in [6, 6.07) is 18.1. The topological polar surface area (TPSA) is 92.8 Å². The molecular formula is C26H29N5O2S. The standard InChI is InChI=1S/C26H29N5O2S/c1-17(2)21-7-5-6-8-22(21)31-24(18-9-13-20(33-4)14-10-18)29-30-25(31)34-15-23(32)28-26(3,16-27)19-11-12-19/h5-10,13-14,17,19H,11-12,15H2,1-4H3,(H,28,32). The Morgan fingerprint density at radius 2 is 1.94 bits per heavy atom. The van der Waals surface area contributed by atoms with E-state index in [1.165, 1.54) is 11.8 Å². The van der Waals surface area contributed by atoms with Gasteiger partial charge in [-0.25, -0.2) is 0 Å². The third-order valence-corrected chi connectivity index (χ3v) is 7.07. The fraction of sp³-hybridized carbons (Fsp3) is 0.385. The Balaban J connectivity index is 1.67. The molecule has 1 N–H and O–H groups in total. The van der Waals surface area contributed by atoms with Gasteiger partial charge in [0.25, 0.3) is 0 Å². The van der Waals surface area contributed by atoms with Gasteiger partial charge in [0.2, 0.25) is 5.91 Å². The predicted molar refractivity (Wildman–Crippen MR) is 133 cm³/mol. The van der Waals surface area contributed by atoms with Gasteiger partial charge in [-0.15, -0.1) is 10.2 Å². The fourth-order valence-electron chi connectivity index (χ4n) is 4.02. The number of nitrogens with one attached hydrogen (secondary N) is 1. The smallest absolute Gasteiger partial charge is 0.231 e. The van der Waals surface area contributed by atoms with E-state index >= 15 is 0 Å². The molecule has 0 radical (unpaired) electrons. The van der Waals surface area contributed by atoms with Gasteiger partial charge in [-0.1, -0.05) is 43.8 Å². The number of benzene rings is 2. The first-order valence-corrected chi connectivity index (χ1v) is 12.4. The number of hydrogen-bond acceptors (Lipinski definition) is 6. The Hall–Kier alpha value is -3.31. The second kappa shape index (κ2) is 9.90. The molecule has 1 aliphatic rings. The van der Waals surface area contributed by atoms with Gasteiger partial charge in [0, 0.05) is 5.56 Å². The van der Waals surface area contributed by atoms with Crippen molar-refractivity contribution in [3.8, 4) is 28.9 Å². The number of carbonyl (C=O) groups excluding carboxylic acids is 1. The molecule has 0 aliphatic heterocycles.